The number of aliphatic hydroxyl groups is 1. The normalized spacial score (nSPS) is 14.8. The molecule has 0 aliphatic heterocycles. The van der Waals surface area contributed by atoms with E-state index in [0.29, 0.717) is 6.54 Å². The first-order valence-corrected chi connectivity index (χ1v) is 8.65. The van der Waals surface area contributed by atoms with Crippen LogP contribution in [0.2, 0.25) is 0 Å². The maximum atomic E-state index is 9.30. The molecule has 0 amide bonds. The third-order valence-corrected chi connectivity index (χ3v) is 5.10. The van der Waals surface area contributed by atoms with Crippen LogP contribution >= 0.6 is 27.3 Å². The highest BCUT2D eigenvalue weighted by Gasteiger charge is 2.26. The van der Waals surface area contributed by atoms with Gasteiger partial charge < -0.3 is 10.8 Å². The van der Waals surface area contributed by atoms with Gasteiger partial charge in [-0.3, -0.25) is 4.90 Å². The minimum Gasteiger partial charge on any atom is -0.395 e. The van der Waals surface area contributed by atoms with Gasteiger partial charge in [0.05, 0.1) is 12.6 Å². The Balaban J connectivity index is 2.91. The summed E-state index contributed by atoms with van der Waals surface area (Å²) in [5.74, 6) is 0. The van der Waals surface area contributed by atoms with Crippen molar-refractivity contribution in [2.45, 2.75) is 45.2 Å². The molecule has 0 spiro atoms. The number of hydrogen-bond acceptors (Lipinski definition) is 4. The number of halogens is 1. The number of unbranched alkanes of at least 4 members (excludes halogenated alkanes) is 1. The fourth-order valence-electron chi connectivity index (χ4n) is 2.25. The zero-order valence-corrected chi connectivity index (χ0v) is 14.2. The van der Waals surface area contributed by atoms with Crippen molar-refractivity contribution in [1.82, 2.24) is 4.90 Å². The van der Waals surface area contributed by atoms with Crippen LogP contribution in [-0.4, -0.2) is 35.7 Å². The van der Waals surface area contributed by atoms with E-state index in [4.69, 9.17) is 5.73 Å². The van der Waals surface area contributed by atoms with Gasteiger partial charge in [-0.25, -0.2) is 0 Å². The number of thiophene rings is 1. The van der Waals surface area contributed by atoms with Crippen molar-refractivity contribution in [2.24, 2.45) is 5.73 Å². The molecule has 0 saturated carbocycles. The second kappa shape index (κ2) is 9.08. The van der Waals surface area contributed by atoms with Crippen LogP contribution in [0.15, 0.2) is 15.9 Å². The number of nitrogens with zero attached hydrogens (tertiary/aromatic N) is 1. The molecule has 0 aliphatic carbocycles. The summed E-state index contributed by atoms with van der Waals surface area (Å²) in [5, 5.41) is 11.4. The van der Waals surface area contributed by atoms with Gasteiger partial charge in [-0.05, 0) is 41.4 Å². The molecule has 1 heterocycles. The average Bonchev–Trinajstić information content (AvgIpc) is 2.82. The van der Waals surface area contributed by atoms with Gasteiger partial charge in [0.2, 0.25) is 0 Å². The summed E-state index contributed by atoms with van der Waals surface area (Å²) < 4.78 is 1.11. The summed E-state index contributed by atoms with van der Waals surface area (Å²) in [5.41, 5.74) is 6.33. The van der Waals surface area contributed by atoms with Crippen LogP contribution in [0.5, 0.6) is 0 Å². The first-order chi connectivity index (χ1) is 9.13. The lowest BCUT2D eigenvalue weighted by atomic mass is 10.0. The summed E-state index contributed by atoms with van der Waals surface area (Å²) >= 11 is 5.25. The Morgan fingerprint density at radius 1 is 1.42 bits per heavy atom. The minimum absolute atomic E-state index is 0.106. The molecule has 5 heteroatoms. The molecular formula is C14H25BrN2OS. The predicted molar refractivity (Wildman–Crippen MR) is 86.6 cm³/mol. The van der Waals surface area contributed by atoms with Gasteiger partial charge in [0.1, 0.15) is 0 Å². The highest BCUT2D eigenvalue weighted by Crippen LogP contribution is 2.32. The number of hydrogen-bond donors (Lipinski definition) is 2. The Kier molecular flexibility index (Phi) is 8.18. The molecule has 2 unspecified atom stereocenters. The number of nitrogens with two attached hydrogens (primary N) is 1. The van der Waals surface area contributed by atoms with Gasteiger partial charge in [-0.15, -0.1) is 11.3 Å². The average molecular weight is 349 g/mol. The zero-order chi connectivity index (χ0) is 14.3. The topological polar surface area (TPSA) is 49.5 Å². The largest absolute Gasteiger partial charge is 0.395 e. The van der Waals surface area contributed by atoms with E-state index < -0.39 is 0 Å². The Bertz CT molecular complexity index is 359. The molecule has 0 radical (unpaired) electrons. The Labute approximate surface area is 128 Å². The number of aliphatic hydroxyl groups excluding tert-OH is 1. The fraction of sp³-hybridized carbons (Fsp3) is 0.714. The molecule has 2 atom stereocenters. The standard InChI is InChI=1S/C14H25BrN2OS/c1-3-5-6-17(7-8-18)14(12(16)4-2)13-9-11(15)10-19-13/h9-10,12,14,18H,3-8,16H2,1-2H3. The van der Waals surface area contributed by atoms with E-state index in [1.165, 1.54) is 4.88 Å². The third-order valence-electron chi connectivity index (χ3n) is 3.34. The molecule has 0 bridgehead atoms. The Morgan fingerprint density at radius 3 is 2.63 bits per heavy atom. The lowest BCUT2D eigenvalue weighted by Gasteiger charge is -2.34. The highest BCUT2D eigenvalue weighted by molar-refractivity contribution is 9.10. The fourth-order valence-corrected chi connectivity index (χ4v) is 3.90. The molecular weight excluding hydrogens is 324 g/mol. The van der Waals surface area contributed by atoms with Crippen LogP contribution in [0.25, 0.3) is 0 Å². The van der Waals surface area contributed by atoms with Crippen LogP contribution in [-0.2, 0) is 0 Å². The van der Waals surface area contributed by atoms with Gasteiger partial charge in [0, 0.05) is 27.3 Å². The van der Waals surface area contributed by atoms with Crippen molar-refractivity contribution in [3.63, 3.8) is 0 Å². The molecule has 0 fully saturated rings. The first kappa shape index (κ1) is 17.1. The molecule has 1 aromatic heterocycles. The molecule has 19 heavy (non-hydrogen) atoms. The summed E-state index contributed by atoms with van der Waals surface area (Å²) in [7, 11) is 0. The van der Waals surface area contributed by atoms with Gasteiger partial charge in [-0.1, -0.05) is 20.3 Å². The van der Waals surface area contributed by atoms with E-state index in [2.05, 4.69) is 46.1 Å². The van der Waals surface area contributed by atoms with E-state index in [1.54, 1.807) is 11.3 Å². The maximum absolute atomic E-state index is 9.30. The van der Waals surface area contributed by atoms with Crippen molar-refractivity contribution >= 4 is 27.3 Å². The minimum atomic E-state index is 0.106. The van der Waals surface area contributed by atoms with Crippen molar-refractivity contribution < 1.29 is 5.11 Å². The van der Waals surface area contributed by atoms with Crippen molar-refractivity contribution in [3.05, 3.63) is 20.8 Å². The summed E-state index contributed by atoms with van der Waals surface area (Å²) in [6.07, 6.45) is 3.23. The van der Waals surface area contributed by atoms with Crippen LogP contribution in [0.4, 0.5) is 0 Å². The van der Waals surface area contributed by atoms with Crippen LogP contribution in [0.3, 0.4) is 0 Å². The summed E-state index contributed by atoms with van der Waals surface area (Å²) in [6.45, 7) is 6.17. The molecule has 0 aromatic carbocycles. The van der Waals surface area contributed by atoms with Crippen LogP contribution in [0, 0.1) is 0 Å². The van der Waals surface area contributed by atoms with Gasteiger partial charge in [0.15, 0.2) is 0 Å². The quantitative estimate of drug-likeness (QED) is 0.719. The molecule has 1 rings (SSSR count). The van der Waals surface area contributed by atoms with E-state index >= 15 is 0 Å². The van der Waals surface area contributed by atoms with E-state index in [0.717, 1.165) is 30.3 Å². The lowest BCUT2D eigenvalue weighted by molar-refractivity contribution is 0.132. The Hall–Kier alpha value is 0.0600. The van der Waals surface area contributed by atoms with Crippen molar-refractivity contribution in [2.75, 3.05) is 19.7 Å². The smallest absolute Gasteiger partial charge is 0.0594 e. The lowest BCUT2D eigenvalue weighted by Crippen LogP contribution is -2.42. The first-order valence-electron chi connectivity index (χ1n) is 6.98. The predicted octanol–water partition coefficient (Wildman–Crippen LogP) is 3.38. The molecule has 3 N–H and O–H groups in total. The van der Waals surface area contributed by atoms with Crippen LogP contribution in [0.1, 0.15) is 44.0 Å². The van der Waals surface area contributed by atoms with E-state index in [1.807, 2.05) is 0 Å². The van der Waals surface area contributed by atoms with Crippen LogP contribution < -0.4 is 5.73 Å². The van der Waals surface area contributed by atoms with Crippen molar-refractivity contribution in [1.29, 1.82) is 0 Å². The van der Waals surface area contributed by atoms with E-state index in [-0.39, 0.29) is 18.7 Å². The third kappa shape index (κ3) is 5.16. The van der Waals surface area contributed by atoms with Gasteiger partial charge in [0.25, 0.3) is 0 Å². The molecule has 110 valence electrons. The summed E-state index contributed by atoms with van der Waals surface area (Å²) in [6, 6.07) is 2.47. The summed E-state index contributed by atoms with van der Waals surface area (Å²) in [4.78, 5) is 3.61. The molecule has 1 aromatic rings. The highest BCUT2D eigenvalue weighted by atomic mass is 79.9. The monoisotopic (exact) mass is 348 g/mol. The zero-order valence-electron chi connectivity index (χ0n) is 11.8. The molecule has 0 saturated heterocycles. The maximum Gasteiger partial charge on any atom is 0.0594 e. The van der Waals surface area contributed by atoms with Gasteiger partial charge >= 0.3 is 0 Å². The van der Waals surface area contributed by atoms with Crippen molar-refractivity contribution in [3.8, 4) is 0 Å². The molecule has 0 aliphatic rings. The van der Waals surface area contributed by atoms with E-state index in [9.17, 15) is 5.11 Å². The SMILES string of the molecule is CCCCN(CCO)C(c1cc(Br)cs1)C(N)CC. The Morgan fingerprint density at radius 2 is 2.16 bits per heavy atom. The number of rotatable bonds is 9. The molecule has 3 nitrogen and oxygen atoms in total. The second-order valence-corrected chi connectivity index (χ2v) is 6.66. The van der Waals surface area contributed by atoms with Gasteiger partial charge in [-0.2, -0.15) is 0 Å². The second-order valence-electron chi connectivity index (χ2n) is 4.80.